The molecule has 4 rings (SSSR count). The second-order valence-corrected chi connectivity index (χ2v) is 7.99. The van der Waals surface area contributed by atoms with Crippen LogP contribution in [0.25, 0.3) is 21.3 Å². The maximum absolute atomic E-state index is 6.23. The standard InChI is InChI=1S/C20H22ClN3OS/c1-3-25-15-8-6-14(7-9-15)16-12-26-19-17(16)18(22-20(21)23-19)24-10-4-5-13(2)11-24/h6-9,12-13H,3-5,10-11H2,1-2H3. The summed E-state index contributed by atoms with van der Waals surface area (Å²) in [5.74, 6) is 2.52. The first-order valence-corrected chi connectivity index (χ1v) is 10.3. The SMILES string of the molecule is CCOc1ccc(-c2csc3nc(Cl)nc(N4CCCC(C)C4)c23)cc1. The lowest BCUT2D eigenvalue weighted by molar-refractivity contribution is 0.340. The van der Waals surface area contributed by atoms with Crippen molar-refractivity contribution in [3.8, 4) is 16.9 Å². The zero-order valence-electron chi connectivity index (χ0n) is 15.0. The third-order valence-electron chi connectivity index (χ3n) is 4.82. The highest BCUT2D eigenvalue weighted by molar-refractivity contribution is 7.17. The molecule has 1 fully saturated rings. The molecule has 3 heterocycles. The second-order valence-electron chi connectivity index (χ2n) is 6.80. The quantitative estimate of drug-likeness (QED) is 0.542. The Labute approximate surface area is 162 Å². The number of halogens is 1. The van der Waals surface area contributed by atoms with Crippen molar-refractivity contribution in [1.82, 2.24) is 9.97 Å². The first kappa shape index (κ1) is 17.6. The molecule has 4 nitrogen and oxygen atoms in total. The molecule has 2 aromatic heterocycles. The topological polar surface area (TPSA) is 38.3 Å². The van der Waals surface area contributed by atoms with Crippen molar-refractivity contribution < 1.29 is 4.74 Å². The molecule has 136 valence electrons. The summed E-state index contributed by atoms with van der Waals surface area (Å²) < 4.78 is 5.56. The lowest BCUT2D eigenvalue weighted by Gasteiger charge is -2.32. The van der Waals surface area contributed by atoms with Crippen LogP contribution in [0.4, 0.5) is 5.82 Å². The van der Waals surface area contributed by atoms with Gasteiger partial charge in [0, 0.05) is 24.0 Å². The zero-order chi connectivity index (χ0) is 18.1. The largest absolute Gasteiger partial charge is 0.494 e. The predicted molar refractivity (Wildman–Crippen MR) is 110 cm³/mol. The van der Waals surface area contributed by atoms with E-state index in [1.54, 1.807) is 11.3 Å². The Bertz CT molecular complexity index is 909. The summed E-state index contributed by atoms with van der Waals surface area (Å²) in [4.78, 5) is 12.4. The third kappa shape index (κ3) is 3.38. The van der Waals surface area contributed by atoms with E-state index in [1.807, 2.05) is 19.1 Å². The van der Waals surface area contributed by atoms with Gasteiger partial charge in [0.2, 0.25) is 5.28 Å². The van der Waals surface area contributed by atoms with Crippen LogP contribution in [0.3, 0.4) is 0 Å². The van der Waals surface area contributed by atoms with Crippen molar-refractivity contribution in [1.29, 1.82) is 0 Å². The molecule has 0 N–H and O–H groups in total. The number of rotatable bonds is 4. The van der Waals surface area contributed by atoms with Gasteiger partial charge >= 0.3 is 0 Å². The highest BCUT2D eigenvalue weighted by Gasteiger charge is 2.23. The molecular weight excluding hydrogens is 366 g/mol. The molecule has 3 aromatic rings. The minimum atomic E-state index is 0.325. The number of thiophene rings is 1. The van der Waals surface area contributed by atoms with E-state index in [0.717, 1.165) is 46.0 Å². The Balaban J connectivity index is 1.81. The van der Waals surface area contributed by atoms with Crippen molar-refractivity contribution >= 4 is 39.0 Å². The van der Waals surface area contributed by atoms with Crippen LogP contribution in [-0.4, -0.2) is 29.7 Å². The summed E-state index contributed by atoms with van der Waals surface area (Å²) in [7, 11) is 0. The van der Waals surface area contributed by atoms with Crippen LogP contribution in [0.5, 0.6) is 5.75 Å². The number of aromatic nitrogens is 2. The first-order valence-electron chi connectivity index (χ1n) is 9.08. The summed E-state index contributed by atoms with van der Waals surface area (Å²) in [6, 6.07) is 8.23. The predicted octanol–water partition coefficient (Wildman–Crippen LogP) is 5.65. The minimum absolute atomic E-state index is 0.325. The summed E-state index contributed by atoms with van der Waals surface area (Å²) in [6.07, 6.45) is 2.46. The molecule has 1 saturated heterocycles. The smallest absolute Gasteiger partial charge is 0.225 e. The maximum atomic E-state index is 6.23. The first-order chi connectivity index (χ1) is 12.7. The van der Waals surface area contributed by atoms with Gasteiger partial charge in [-0.25, -0.2) is 4.98 Å². The Hall–Kier alpha value is -1.85. The number of piperidine rings is 1. The number of anilines is 1. The summed E-state index contributed by atoms with van der Waals surface area (Å²) >= 11 is 7.85. The van der Waals surface area contributed by atoms with E-state index < -0.39 is 0 Å². The molecule has 26 heavy (non-hydrogen) atoms. The number of fused-ring (bicyclic) bond motifs is 1. The highest BCUT2D eigenvalue weighted by atomic mass is 35.5. The van der Waals surface area contributed by atoms with Gasteiger partial charge in [-0.15, -0.1) is 11.3 Å². The van der Waals surface area contributed by atoms with Gasteiger partial charge in [0.25, 0.3) is 0 Å². The van der Waals surface area contributed by atoms with E-state index in [2.05, 4.69) is 39.3 Å². The average Bonchev–Trinajstić information content (AvgIpc) is 3.05. The summed E-state index contributed by atoms with van der Waals surface area (Å²) in [5, 5.41) is 3.59. The van der Waals surface area contributed by atoms with E-state index in [4.69, 9.17) is 16.3 Å². The molecule has 0 saturated carbocycles. The van der Waals surface area contributed by atoms with Crippen molar-refractivity contribution in [2.24, 2.45) is 5.92 Å². The van der Waals surface area contributed by atoms with Gasteiger partial charge in [-0.3, -0.25) is 0 Å². The van der Waals surface area contributed by atoms with Crippen molar-refractivity contribution in [2.45, 2.75) is 26.7 Å². The van der Waals surface area contributed by atoms with Crippen LogP contribution in [0.1, 0.15) is 26.7 Å². The average molecular weight is 388 g/mol. The molecule has 0 bridgehead atoms. The van der Waals surface area contributed by atoms with Gasteiger partial charge in [-0.1, -0.05) is 19.1 Å². The van der Waals surface area contributed by atoms with Crippen LogP contribution in [0.2, 0.25) is 5.28 Å². The molecule has 6 heteroatoms. The highest BCUT2D eigenvalue weighted by Crippen LogP contribution is 2.40. The maximum Gasteiger partial charge on any atom is 0.225 e. The van der Waals surface area contributed by atoms with Crippen LogP contribution in [0, 0.1) is 5.92 Å². The second kappa shape index (κ2) is 7.41. The fourth-order valence-corrected chi connectivity index (χ4v) is 4.77. The van der Waals surface area contributed by atoms with Gasteiger partial charge < -0.3 is 9.64 Å². The van der Waals surface area contributed by atoms with E-state index in [-0.39, 0.29) is 0 Å². The van der Waals surface area contributed by atoms with Crippen LogP contribution in [-0.2, 0) is 0 Å². The van der Waals surface area contributed by atoms with E-state index in [1.165, 1.54) is 12.8 Å². The normalized spacial score (nSPS) is 17.7. The molecule has 1 atom stereocenters. The van der Waals surface area contributed by atoms with E-state index >= 15 is 0 Å². The molecule has 1 aliphatic rings. The summed E-state index contributed by atoms with van der Waals surface area (Å²) in [6.45, 7) is 7.00. The molecular formula is C20H22ClN3OS. The summed E-state index contributed by atoms with van der Waals surface area (Å²) in [5.41, 5.74) is 2.31. The van der Waals surface area contributed by atoms with Crippen molar-refractivity contribution in [3.05, 3.63) is 34.9 Å². The fraction of sp³-hybridized carbons (Fsp3) is 0.400. The van der Waals surface area contributed by atoms with Crippen molar-refractivity contribution in [2.75, 3.05) is 24.6 Å². The Morgan fingerprint density at radius 1 is 1.27 bits per heavy atom. The number of nitrogens with zero attached hydrogens (tertiary/aromatic N) is 3. The molecule has 0 radical (unpaired) electrons. The van der Waals surface area contributed by atoms with Gasteiger partial charge in [0.1, 0.15) is 16.4 Å². The lowest BCUT2D eigenvalue weighted by Crippen LogP contribution is -2.35. The van der Waals surface area contributed by atoms with Crippen molar-refractivity contribution in [3.63, 3.8) is 0 Å². The van der Waals surface area contributed by atoms with Gasteiger partial charge in [-0.2, -0.15) is 4.98 Å². The Morgan fingerprint density at radius 3 is 2.81 bits per heavy atom. The Kier molecular flexibility index (Phi) is 5.00. The van der Waals surface area contributed by atoms with Crippen LogP contribution < -0.4 is 9.64 Å². The number of hydrogen-bond donors (Lipinski definition) is 0. The lowest BCUT2D eigenvalue weighted by atomic mass is 9.99. The monoisotopic (exact) mass is 387 g/mol. The minimum Gasteiger partial charge on any atom is -0.494 e. The van der Waals surface area contributed by atoms with Crippen LogP contribution >= 0.6 is 22.9 Å². The van der Waals surface area contributed by atoms with E-state index in [0.29, 0.717) is 17.8 Å². The Morgan fingerprint density at radius 2 is 2.08 bits per heavy atom. The van der Waals surface area contributed by atoms with Gasteiger partial charge in [0.05, 0.1) is 12.0 Å². The molecule has 0 amide bonds. The molecule has 0 spiro atoms. The van der Waals surface area contributed by atoms with Gasteiger partial charge in [-0.05, 0) is 55.0 Å². The number of benzene rings is 1. The van der Waals surface area contributed by atoms with Gasteiger partial charge in [0.15, 0.2) is 0 Å². The van der Waals surface area contributed by atoms with Crippen LogP contribution in [0.15, 0.2) is 29.6 Å². The molecule has 1 aromatic carbocycles. The molecule has 1 aliphatic heterocycles. The fourth-order valence-electron chi connectivity index (χ4n) is 3.62. The number of ether oxygens (including phenoxy) is 1. The zero-order valence-corrected chi connectivity index (χ0v) is 16.6. The molecule has 0 aliphatic carbocycles. The number of hydrogen-bond acceptors (Lipinski definition) is 5. The third-order valence-corrected chi connectivity index (χ3v) is 5.86. The van der Waals surface area contributed by atoms with E-state index in [9.17, 15) is 0 Å². The molecule has 1 unspecified atom stereocenters.